The number of rotatable bonds is 6. The van der Waals surface area contributed by atoms with Gasteiger partial charge in [-0.2, -0.15) is 0 Å². The molecule has 0 heterocycles. The van der Waals surface area contributed by atoms with Crippen LogP contribution in [0.2, 0.25) is 0 Å². The molecule has 2 N–H and O–H groups in total. The van der Waals surface area contributed by atoms with E-state index < -0.39 is 0 Å². The minimum atomic E-state index is -0.378. The van der Waals surface area contributed by atoms with Crippen LogP contribution in [-0.4, -0.2) is 35.9 Å². The first kappa shape index (κ1) is 17.0. The number of thioether (sulfide) groups is 1. The summed E-state index contributed by atoms with van der Waals surface area (Å²) >= 11 is 1.31. The number of methoxy groups -OCH3 is 1. The van der Waals surface area contributed by atoms with Crippen molar-refractivity contribution in [3.05, 3.63) is 35.9 Å². The molecule has 0 saturated heterocycles. The van der Waals surface area contributed by atoms with Gasteiger partial charge < -0.3 is 4.74 Å². The Morgan fingerprint density at radius 1 is 1.19 bits per heavy atom. The molecular formula is C14H18N2O4S. The van der Waals surface area contributed by atoms with Crippen LogP contribution in [-0.2, 0) is 14.3 Å². The molecule has 0 aliphatic rings. The number of ether oxygens (including phenoxy) is 1. The largest absolute Gasteiger partial charge is 0.469 e. The highest BCUT2D eigenvalue weighted by Gasteiger charge is 2.12. The lowest BCUT2D eigenvalue weighted by atomic mass is 10.2. The van der Waals surface area contributed by atoms with Crippen molar-refractivity contribution >= 4 is 29.5 Å². The van der Waals surface area contributed by atoms with E-state index in [0.717, 1.165) is 0 Å². The van der Waals surface area contributed by atoms with Gasteiger partial charge in [-0.3, -0.25) is 25.2 Å². The van der Waals surface area contributed by atoms with E-state index >= 15 is 0 Å². The van der Waals surface area contributed by atoms with Crippen molar-refractivity contribution in [2.45, 2.75) is 18.6 Å². The lowest BCUT2D eigenvalue weighted by Gasteiger charge is -2.10. The smallest absolute Gasteiger partial charge is 0.306 e. The van der Waals surface area contributed by atoms with Gasteiger partial charge in [-0.05, 0) is 12.1 Å². The minimum absolute atomic E-state index is 0.0342. The summed E-state index contributed by atoms with van der Waals surface area (Å²) in [5.41, 5.74) is 5.12. The summed E-state index contributed by atoms with van der Waals surface area (Å²) in [4.78, 5) is 34.3. The highest BCUT2D eigenvalue weighted by Crippen LogP contribution is 2.13. The Morgan fingerprint density at radius 3 is 2.48 bits per heavy atom. The number of carbonyl (C=O) groups is 3. The van der Waals surface area contributed by atoms with Gasteiger partial charge in [-0.15, -0.1) is 11.8 Å². The van der Waals surface area contributed by atoms with Crippen LogP contribution in [0, 0.1) is 0 Å². The number of carbonyl (C=O) groups excluding carboxylic acids is 3. The predicted molar refractivity (Wildman–Crippen MR) is 80.6 cm³/mol. The Labute approximate surface area is 127 Å². The maximum absolute atomic E-state index is 11.7. The van der Waals surface area contributed by atoms with E-state index in [4.69, 9.17) is 0 Å². The topological polar surface area (TPSA) is 84.5 Å². The molecule has 0 aliphatic carbocycles. The lowest BCUT2D eigenvalue weighted by molar-refractivity contribution is -0.140. The zero-order chi connectivity index (χ0) is 15.7. The fourth-order valence-electron chi connectivity index (χ4n) is 1.42. The van der Waals surface area contributed by atoms with Gasteiger partial charge >= 0.3 is 5.97 Å². The minimum Gasteiger partial charge on any atom is -0.469 e. The molecule has 7 heteroatoms. The molecule has 1 aromatic carbocycles. The molecule has 0 fully saturated rings. The van der Waals surface area contributed by atoms with Crippen LogP contribution in [0.25, 0.3) is 0 Å². The first-order chi connectivity index (χ1) is 10.0. The van der Waals surface area contributed by atoms with Crippen LogP contribution in [0.15, 0.2) is 30.3 Å². The van der Waals surface area contributed by atoms with Crippen molar-refractivity contribution in [3.8, 4) is 0 Å². The fraction of sp³-hybridized carbons (Fsp3) is 0.357. The Morgan fingerprint density at radius 2 is 1.86 bits per heavy atom. The van der Waals surface area contributed by atoms with E-state index in [-0.39, 0.29) is 35.2 Å². The molecule has 0 spiro atoms. The first-order valence-corrected chi connectivity index (χ1v) is 7.40. The molecule has 114 valence electrons. The summed E-state index contributed by atoms with van der Waals surface area (Å²) in [6.07, 6.45) is 0.241. The second-order valence-electron chi connectivity index (χ2n) is 4.27. The standard InChI is InChI=1S/C14H18N2O4S/c1-10(8-13(18)20-2)21-9-12(17)15-16-14(19)11-6-4-3-5-7-11/h3-7,10H,8-9H2,1-2H3,(H,15,17)(H,16,19). The molecule has 1 aromatic rings. The zero-order valence-electron chi connectivity index (χ0n) is 11.9. The molecule has 1 rings (SSSR count). The molecule has 0 bridgehead atoms. The van der Waals surface area contributed by atoms with Gasteiger partial charge in [-0.1, -0.05) is 25.1 Å². The lowest BCUT2D eigenvalue weighted by Crippen LogP contribution is -2.42. The molecule has 0 aromatic heterocycles. The quantitative estimate of drug-likeness (QED) is 0.608. The molecule has 21 heavy (non-hydrogen) atoms. The summed E-state index contributed by atoms with van der Waals surface area (Å²) in [5.74, 6) is -0.877. The van der Waals surface area contributed by atoms with Crippen LogP contribution in [0.3, 0.4) is 0 Å². The fourth-order valence-corrected chi connectivity index (χ4v) is 2.18. The third kappa shape index (κ3) is 6.80. The maximum Gasteiger partial charge on any atom is 0.306 e. The van der Waals surface area contributed by atoms with E-state index in [2.05, 4.69) is 15.6 Å². The number of hydrazine groups is 1. The van der Waals surface area contributed by atoms with Crippen molar-refractivity contribution < 1.29 is 19.1 Å². The van der Waals surface area contributed by atoms with E-state index in [1.54, 1.807) is 30.3 Å². The average molecular weight is 310 g/mol. The van der Waals surface area contributed by atoms with E-state index in [9.17, 15) is 14.4 Å². The summed E-state index contributed by atoms with van der Waals surface area (Å²) in [6, 6.07) is 8.57. The number of benzene rings is 1. The van der Waals surface area contributed by atoms with Crippen LogP contribution in [0.1, 0.15) is 23.7 Å². The van der Waals surface area contributed by atoms with Crippen molar-refractivity contribution in [2.75, 3.05) is 12.9 Å². The molecule has 0 radical (unpaired) electrons. The van der Waals surface area contributed by atoms with Gasteiger partial charge in [-0.25, -0.2) is 0 Å². The Hall–Kier alpha value is -2.02. The van der Waals surface area contributed by atoms with E-state index in [1.807, 2.05) is 6.92 Å². The number of hydrogen-bond donors (Lipinski definition) is 2. The predicted octanol–water partition coefficient (Wildman–Crippen LogP) is 1.13. The molecule has 0 aliphatic heterocycles. The van der Waals surface area contributed by atoms with Crippen LogP contribution >= 0.6 is 11.8 Å². The Balaban J connectivity index is 2.25. The normalized spacial score (nSPS) is 11.3. The van der Waals surface area contributed by atoms with Gasteiger partial charge in [0.15, 0.2) is 0 Å². The van der Waals surface area contributed by atoms with Crippen LogP contribution < -0.4 is 10.9 Å². The molecule has 6 nitrogen and oxygen atoms in total. The van der Waals surface area contributed by atoms with Gasteiger partial charge in [0, 0.05) is 10.8 Å². The summed E-state index contributed by atoms with van der Waals surface area (Å²) < 4.78 is 4.55. The zero-order valence-corrected chi connectivity index (χ0v) is 12.7. The highest BCUT2D eigenvalue weighted by molar-refractivity contribution is 8.00. The number of nitrogens with one attached hydrogen (secondary N) is 2. The Kier molecular flexibility index (Phi) is 7.31. The monoisotopic (exact) mass is 310 g/mol. The van der Waals surface area contributed by atoms with Crippen molar-refractivity contribution in [1.82, 2.24) is 10.9 Å². The third-order valence-corrected chi connectivity index (χ3v) is 3.70. The van der Waals surface area contributed by atoms with Crippen molar-refractivity contribution in [3.63, 3.8) is 0 Å². The maximum atomic E-state index is 11.7. The summed E-state index contributed by atoms with van der Waals surface area (Å²) in [7, 11) is 1.32. The molecule has 0 saturated carbocycles. The first-order valence-electron chi connectivity index (χ1n) is 6.35. The summed E-state index contributed by atoms with van der Waals surface area (Å²) in [5, 5.41) is -0.0342. The van der Waals surface area contributed by atoms with Gasteiger partial charge in [0.05, 0.1) is 19.3 Å². The van der Waals surface area contributed by atoms with Crippen molar-refractivity contribution in [1.29, 1.82) is 0 Å². The molecular weight excluding hydrogens is 292 g/mol. The van der Waals surface area contributed by atoms with Gasteiger partial charge in [0.2, 0.25) is 5.91 Å². The number of amides is 2. The Bertz CT molecular complexity index is 493. The van der Waals surface area contributed by atoms with E-state index in [0.29, 0.717) is 5.56 Å². The van der Waals surface area contributed by atoms with Gasteiger partial charge in [0.25, 0.3) is 5.91 Å². The second kappa shape index (κ2) is 9.02. The van der Waals surface area contributed by atoms with Gasteiger partial charge in [0.1, 0.15) is 0 Å². The number of esters is 1. The molecule has 1 atom stereocenters. The van der Waals surface area contributed by atoms with E-state index in [1.165, 1.54) is 18.9 Å². The average Bonchev–Trinajstić information content (AvgIpc) is 2.51. The highest BCUT2D eigenvalue weighted by atomic mass is 32.2. The SMILES string of the molecule is COC(=O)CC(C)SCC(=O)NNC(=O)c1ccccc1. The van der Waals surface area contributed by atoms with Crippen molar-refractivity contribution in [2.24, 2.45) is 0 Å². The molecule has 2 amide bonds. The number of hydrogen-bond acceptors (Lipinski definition) is 5. The molecule has 1 unspecified atom stereocenters. The van der Waals surface area contributed by atoms with Crippen LogP contribution in [0.5, 0.6) is 0 Å². The van der Waals surface area contributed by atoms with Crippen LogP contribution in [0.4, 0.5) is 0 Å². The summed E-state index contributed by atoms with van der Waals surface area (Å²) in [6.45, 7) is 1.83. The second-order valence-corrected chi connectivity index (χ2v) is 5.70. The third-order valence-electron chi connectivity index (χ3n) is 2.53.